The predicted octanol–water partition coefficient (Wildman–Crippen LogP) is 2.39. The number of halogens is 1. The molecule has 0 saturated heterocycles. The summed E-state index contributed by atoms with van der Waals surface area (Å²) in [6.45, 7) is 0. The average Bonchev–Trinajstić information content (AvgIpc) is 2.85. The number of H-pyrrole nitrogens is 1. The van der Waals surface area contributed by atoms with Gasteiger partial charge in [0.05, 0.1) is 12.9 Å². The Hall–Kier alpha value is -1.53. The van der Waals surface area contributed by atoms with E-state index in [2.05, 4.69) is 19.9 Å². The van der Waals surface area contributed by atoms with Gasteiger partial charge in [0.15, 0.2) is 5.82 Å². The van der Waals surface area contributed by atoms with E-state index in [-0.39, 0.29) is 11.7 Å². The van der Waals surface area contributed by atoms with Gasteiger partial charge in [0, 0.05) is 10.6 Å². The van der Waals surface area contributed by atoms with Crippen molar-refractivity contribution >= 4 is 29.3 Å². The molecule has 5 nitrogen and oxygen atoms in total. The second-order valence-electron chi connectivity index (χ2n) is 3.34. The number of carbonyl (C=O) groups is 1. The fourth-order valence-electron chi connectivity index (χ4n) is 1.23. The molecule has 0 amide bonds. The minimum atomic E-state index is -0.308. The van der Waals surface area contributed by atoms with Gasteiger partial charge in [-0.1, -0.05) is 23.4 Å². The third-order valence-corrected chi connectivity index (χ3v) is 3.20. The maximum absolute atomic E-state index is 11.0. The molecule has 0 aliphatic rings. The van der Waals surface area contributed by atoms with Gasteiger partial charge in [-0.2, -0.15) is 0 Å². The molecule has 94 valence electrons. The number of hydrogen-bond donors (Lipinski definition) is 1. The lowest BCUT2D eigenvalue weighted by Gasteiger charge is -1.95. The molecule has 0 saturated carbocycles. The third-order valence-electron chi connectivity index (χ3n) is 2.13. The van der Waals surface area contributed by atoms with E-state index in [9.17, 15) is 4.79 Å². The summed E-state index contributed by atoms with van der Waals surface area (Å²) in [6.07, 6.45) is 0. The summed E-state index contributed by atoms with van der Waals surface area (Å²) >= 11 is 7.02. The molecule has 0 atom stereocenters. The number of thioether (sulfide) groups is 1. The number of aromatic amines is 1. The fraction of sp³-hybridized carbons (Fsp3) is 0.182. The molecule has 1 N–H and O–H groups in total. The van der Waals surface area contributed by atoms with Crippen LogP contribution in [-0.2, 0) is 9.53 Å². The van der Waals surface area contributed by atoms with Crippen LogP contribution in [0.1, 0.15) is 0 Å². The van der Waals surface area contributed by atoms with Crippen LogP contribution in [-0.4, -0.2) is 34.0 Å². The van der Waals surface area contributed by atoms with Crippen LogP contribution in [0.4, 0.5) is 0 Å². The molecule has 1 heterocycles. The van der Waals surface area contributed by atoms with Gasteiger partial charge in [0.25, 0.3) is 0 Å². The van der Waals surface area contributed by atoms with Crippen LogP contribution in [0.25, 0.3) is 11.4 Å². The first kappa shape index (κ1) is 12.9. The number of nitrogens with zero attached hydrogens (tertiary/aromatic N) is 2. The second-order valence-corrected chi connectivity index (χ2v) is 4.72. The zero-order chi connectivity index (χ0) is 13.0. The van der Waals surface area contributed by atoms with Crippen LogP contribution >= 0.6 is 23.4 Å². The molecule has 18 heavy (non-hydrogen) atoms. The quantitative estimate of drug-likeness (QED) is 0.689. The molecule has 1 aromatic heterocycles. The summed E-state index contributed by atoms with van der Waals surface area (Å²) in [6, 6.07) is 7.25. The maximum atomic E-state index is 11.0. The standard InChI is InChI=1S/C11H10ClN3O2S/c1-17-9(16)6-18-11-13-10(14-15-11)7-2-4-8(12)5-3-7/h2-5H,6H2,1H3,(H,13,14,15). The summed E-state index contributed by atoms with van der Waals surface area (Å²) in [7, 11) is 1.35. The Labute approximate surface area is 113 Å². The number of benzene rings is 1. The number of esters is 1. The van der Waals surface area contributed by atoms with Gasteiger partial charge < -0.3 is 4.74 Å². The third kappa shape index (κ3) is 3.24. The number of nitrogens with one attached hydrogen (secondary N) is 1. The van der Waals surface area contributed by atoms with Crippen LogP contribution in [0.3, 0.4) is 0 Å². The smallest absolute Gasteiger partial charge is 0.316 e. The molecule has 0 unspecified atom stereocenters. The Bertz CT molecular complexity index is 541. The normalized spacial score (nSPS) is 10.3. The summed E-state index contributed by atoms with van der Waals surface area (Å²) in [5, 5.41) is 7.98. The van der Waals surface area contributed by atoms with Gasteiger partial charge in [-0.25, -0.2) is 4.98 Å². The lowest BCUT2D eigenvalue weighted by atomic mass is 10.2. The molecular formula is C11H10ClN3O2S. The number of methoxy groups -OCH3 is 1. The van der Waals surface area contributed by atoms with Gasteiger partial charge in [-0.3, -0.25) is 9.89 Å². The van der Waals surface area contributed by atoms with Crippen LogP contribution < -0.4 is 0 Å². The van der Waals surface area contributed by atoms with Crippen LogP contribution in [0.2, 0.25) is 5.02 Å². The highest BCUT2D eigenvalue weighted by atomic mass is 35.5. The molecule has 2 rings (SSSR count). The van der Waals surface area contributed by atoms with E-state index in [1.54, 1.807) is 12.1 Å². The van der Waals surface area contributed by atoms with Gasteiger partial charge >= 0.3 is 5.97 Å². The van der Waals surface area contributed by atoms with E-state index in [0.29, 0.717) is 16.0 Å². The highest BCUT2D eigenvalue weighted by Gasteiger charge is 2.08. The molecule has 0 aliphatic heterocycles. The first-order valence-electron chi connectivity index (χ1n) is 5.07. The number of ether oxygens (including phenoxy) is 1. The number of rotatable bonds is 4. The van der Waals surface area contributed by atoms with Gasteiger partial charge in [-0.15, -0.1) is 5.10 Å². The largest absolute Gasteiger partial charge is 0.468 e. The molecular weight excluding hydrogens is 274 g/mol. The topological polar surface area (TPSA) is 67.9 Å². The average molecular weight is 284 g/mol. The van der Waals surface area contributed by atoms with Crippen LogP contribution in [0, 0.1) is 0 Å². The lowest BCUT2D eigenvalue weighted by Crippen LogP contribution is -2.03. The van der Waals surface area contributed by atoms with E-state index < -0.39 is 0 Å². The van der Waals surface area contributed by atoms with E-state index in [1.165, 1.54) is 18.9 Å². The Balaban J connectivity index is 2.06. The lowest BCUT2D eigenvalue weighted by molar-refractivity contribution is -0.137. The van der Waals surface area contributed by atoms with E-state index in [4.69, 9.17) is 11.6 Å². The minimum absolute atomic E-state index is 0.189. The van der Waals surface area contributed by atoms with Crippen molar-refractivity contribution in [2.24, 2.45) is 0 Å². The summed E-state index contributed by atoms with van der Waals surface area (Å²) < 4.78 is 4.54. The molecule has 0 spiro atoms. The highest BCUT2D eigenvalue weighted by molar-refractivity contribution is 7.99. The summed E-state index contributed by atoms with van der Waals surface area (Å²) in [5.41, 5.74) is 0.886. The van der Waals surface area contributed by atoms with Crippen molar-refractivity contribution < 1.29 is 9.53 Å². The van der Waals surface area contributed by atoms with Crippen molar-refractivity contribution in [2.75, 3.05) is 12.9 Å². The van der Waals surface area contributed by atoms with Gasteiger partial charge in [0.2, 0.25) is 5.16 Å². The van der Waals surface area contributed by atoms with Gasteiger partial charge in [-0.05, 0) is 24.3 Å². The fourth-order valence-corrected chi connectivity index (χ4v) is 1.99. The van der Waals surface area contributed by atoms with Gasteiger partial charge in [0.1, 0.15) is 0 Å². The Morgan fingerprint density at radius 2 is 2.17 bits per heavy atom. The van der Waals surface area contributed by atoms with Crippen molar-refractivity contribution in [2.45, 2.75) is 5.16 Å². The number of hydrogen-bond acceptors (Lipinski definition) is 5. The van der Waals surface area contributed by atoms with Crippen molar-refractivity contribution in [1.29, 1.82) is 0 Å². The monoisotopic (exact) mass is 283 g/mol. The SMILES string of the molecule is COC(=O)CSc1n[nH]c(-c2ccc(Cl)cc2)n1. The molecule has 0 fully saturated rings. The Kier molecular flexibility index (Phi) is 4.22. The second kappa shape index (κ2) is 5.88. The highest BCUT2D eigenvalue weighted by Crippen LogP contribution is 2.20. The summed E-state index contributed by atoms with van der Waals surface area (Å²) in [5.74, 6) is 0.519. The Morgan fingerprint density at radius 1 is 1.44 bits per heavy atom. The van der Waals surface area contributed by atoms with Crippen molar-refractivity contribution in [3.05, 3.63) is 29.3 Å². The number of aromatic nitrogens is 3. The molecule has 0 aliphatic carbocycles. The Morgan fingerprint density at radius 3 is 2.83 bits per heavy atom. The molecule has 1 aromatic carbocycles. The first-order valence-corrected chi connectivity index (χ1v) is 6.43. The first-order chi connectivity index (χ1) is 8.69. The van der Waals surface area contributed by atoms with Crippen molar-refractivity contribution in [3.8, 4) is 11.4 Å². The molecule has 0 bridgehead atoms. The van der Waals surface area contributed by atoms with E-state index in [0.717, 1.165) is 5.56 Å². The molecule has 7 heteroatoms. The van der Waals surface area contributed by atoms with Crippen LogP contribution in [0.15, 0.2) is 29.4 Å². The zero-order valence-corrected chi connectivity index (χ0v) is 11.1. The van der Waals surface area contributed by atoms with E-state index >= 15 is 0 Å². The van der Waals surface area contributed by atoms with E-state index in [1.807, 2.05) is 12.1 Å². The van der Waals surface area contributed by atoms with Crippen molar-refractivity contribution in [1.82, 2.24) is 15.2 Å². The maximum Gasteiger partial charge on any atom is 0.316 e. The number of carbonyl (C=O) groups excluding carboxylic acids is 1. The van der Waals surface area contributed by atoms with Crippen LogP contribution in [0.5, 0.6) is 0 Å². The summed E-state index contributed by atoms with van der Waals surface area (Å²) in [4.78, 5) is 15.2. The predicted molar refractivity (Wildman–Crippen MR) is 69.6 cm³/mol. The zero-order valence-electron chi connectivity index (χ0n) is 9.51. The van der Waals surface area contributed by atoms with Crippen molar-refractivity contribution in [3.63, 3.8) is 0 Å². The minimum Gasteiger partial charge on any atom is -0.468 e. The molecule has 0 radical (unpaired) electrons. The molecule has 2 aromatic rings.